The number of phenols is 2. The zero-order valence-electron chi connectivity index (χ0n) is 10.6. The maximum absolute atomic E-state index is 11.4. The van der Waals surface area contributed by atoms with E-state index >= 15 is 0 Å². The second kappa shape index (κ2) is 6.94. The molecule has 0 saturated heterocycles. The molecule has 1 aromatic rings. The van der Waals surface area contributed by atoms with Crippen molar-refractivity contribution in [3.63, 3.8) is 0 Å². The van der Waals surface area contributed by atoms with Crippen LogP contribution in [0.25, 0.3) is 6.08 Å². The number of hydrogen-bond donors (Lipinski definition) is 4. The van der Waals surface area contributed by atoms with Crippen molar-refractivity contribution < 1.29 is 39.5 Å². The topological polar surface area (TPSA) is 141 Å². The van der Waals surface area contributed by atoms with E-state index in [0.29, 0.717) is 5.56 Å². The number of hydrogen-bond acceptors (Lipinski definition) is 6. The molecule has 0 aliphatic rings. The summed E-state index contributed by atoms with van der Waals surface area (Å²) in [7, 11) is 0. The number of phenolic OH excluding ortho intramolecular Hbond substituents is 2. The van der Waals surface area contributed by atoms with Crippen LogP contribution in [0.5, 0.6) is 11.5 Å². The fourth-order valence-electron chi connectivity index (χ4n) is 1.33. The van der Waals surface area contributed by atoms with Crippen LogP contribution in [0.1, 0.15) is 12.0 Å². The molecule has 112 valence electrons. The molecule has 21 heavy (non-hydrogen) atoms. The van der Waals surface area contributed by atoms with Crippen LogP contribution in [0.4, 0.5) is 0 Å². The van der Waals surface area contributed by atoms with E-state index in [9.17, 15) is 19.5 Å². The molecule has 1 atom stereocenters. The van der Waals surface area contributed by atoms with Gasteiger partial charge in [-0.25, -0.2) is 9.59 Å². The maximum atomic E-state index is 11.4. The molecule has 0 heterocycles. The Kier molecular flexibility index (Phi) is 5.30. The number of carbonyl (C=O) groups is 3. The molecule has 0 spiro atoms. The molecule has 0 aliphatic heterocycles. The number of esters is 1. The summed E-state index contributed by atoms with van der Waals surface area (Å²) in [5.74, 6) is -4.75. The maximum Gasteiger partial charge on any atom is 0.345 e. The van der Waals surface area contributed by atoms with Gasteiger partial charge in [0.15, 0.2) is 11.5 Å². The Labute approximate surface area is 118 Å². The zero-order chi connectivity index (χ0) is 16.0. The second-order valence-electron chi connectivity index (χ2n) is 3.94. The van der Waals surface area contributed by atoms with Gasteiger partial charge in [-0.15, -0.1) is 0 Å². The first-order valence-electron chi connectivity index (χ1n) is 5.65. The van der Waals surface area contributed by atoms with Gasteiger partial charge in [0.05, 0.1) is 6.42 Å². The van der Waals surface area contributed by atoms with Gasteiger partial charge in [-0.1, -0.05) is 6.07 Å². The molecule has 4 N–H and O–H groups in total. The number of carboxylic acids is 2. The summed E-state index contributed by atoms with van der Waals surface area (Å²) in [5.41, 5.74) is 0.354. The first-order chi connectivity index (χ1) is 9.79. The van der Waals surface area contributed by atoms with Gasteiger partial charge in [0, 0.05) is 6.08 Å². The highest BCUT2D eigenvalue weighted by molar-refractivity contribution is 5.90. The molecule has 0 aromatic heterocycles. The van der Waals surface area contributed by atoms with E-state index in [2.05, 4.69) is 4.74 Å². The minimum absolute atomic E-state index is 0.331. The predicted molar refractivity (Wildman–Crippen MR) is 68.6 cm³/mol. The summed E-state index contributed by atoms with van der Waals surface area (Å²) in [4.78, 5) is 32.5. The number of ether oxygens (including phenoxy) is 1. The number of aliphatic carboxylic acids is 2. The molecule has 0 fully saturated rings. The highest BCUT2D eigenvalue weighted by Crippen LogP contribution is 2.25. The van der Waals surface area contributed by atoms with E-state index in [4.69, 9.17) is 15.3 Å². The van der Waals surface area contributed by atoms with Crippen LogP contribution in [0, 0.1) is 0 Å². The largest absolute Gasteiger partial charge is 0.504 e. The van der Waals surface area contributed by atoms with Crippen molar-refractivity contribution in [1.82, 2.24) is 0 Å². The molecule has 0 amide bonds. The van der Waals surface area contributed by atoms with Crippen LogP contribution in [0.2, 0.25) is 0 Å². The summed E-state index contributed by atoms with van der Waals surface area (Å²) in [6.07, 6.45) is -0.549. The van der Waals surface area contributed by atoms with Crippen molar-refractivity contribution >= 4 is 24.0 Å². The smallest absolute Gasteiger partial charge is 0.345 e. The fraction of sp³-hybridized carbons (Fsp3) is 0.154. The Morgan fingerprint density at radius 2 is 1.81 bits per heavy atom. The normalized spacial score (nSPS) is 12.0. The van der Waals surface area contributed by atoms with E-state index < -0.39 is 30.4 Å². The van der Waals surface area contributed by atoms with Crippen LogP contribution in [0.3, 0.4) is 0 Å². The lowest BCUT2D eigenvalue weighted by Crippen LogP contribution is -2.28. The summed E-state index contributed by atoms with van der Waals surface area (Å²) in [6.45, 7) is 0. The van der Waals surface area contributed by atoms with E-state index in [0.717, 1.165) is 6.08 Å². The van der Waals surface area contributed by atoms with Gasteiger partial charge in [-0.2, -0.15) is 0 Å². The molecule has 8 nitrogen and oxygen atoms in total. The third-order valence-corrected chi connectivity index (χ3v) is 2.31. The Hall–Kier alpha value is -3.03. The number of aromatic hydroxyl groups is 2. The fourth-order valence-corrected chi connectivity index (χ4v) is 1.33. The third kappa shape index (κ3) is 5.23. The summed E-state index contributed by atoms with van der Waals surface area (Å²) >= 11 is 0. The number of carboxylic acid groups (broad SMARTS) is 2. The minimum Gasteiger partial charge on any atom is -0.504 e. The minimum atomic E-state index is -1.78. The second-order valence-corrected chi connectivity index (χ2v) is 3.94. The standard InChI is InChI=1S/C13H12O8/c14-8-3-1-7(5-9(8)15)2-4-12(18)21-10(13(19)20)6-11(16)17/h1-5,10,14-15H,6H2,(H,16,17)(H,19,20)/b4-2-. The van der Waals surface area contributed by atoms with Gasteiger partial charge < -0.3 is 25.2 Å². The van der Waals surface area contributed by atoms with E-state index in [1.54, 1.807) is 0 Å². The van der Waals surface area contributed by atoms with Crippen LogP contribution in [0.15, 0.2) is 24.3 Å². The molecule has 0 aliphatic carbocycles. The van der Waals surface area contributed by atoms with Crippen molar-refractivity contribution in [2.24, 2.45) is 0 Å². The SMILES string of the molecule is O=C(O)CC(OC(=O)/C=C\c1ccc(O)c(O)c1)C(=O)O. The van der Waals surface area contributed by atoms with Crippen molar-refractivity contribution in [3.8, 4) is 11.5 Å². The lowest BCUT2D eigenvalue weighted by Gasteiger charge is -2.09. The van der Waals surface area contributed by atoms with Crippen molar-refractivity contribution in [3.05, 3.63) is 29.8 Å². The molecule has 0 bridgehead atoms. The molecule has 1 unspecified atom stereocenters. The quantitative estimate of drug-likeness (QED) is 0.339. The summed E-state index contributed by atoms with van der Waals surface area (Å²) in [6, 6.07) is 3.76. The Bertz CT molecular complexity index is 590. The van der Waals surface area contributed by atoms with Crippen LogP contribution in [-0.2, 0) is 19.1 Å². The molecular formula is C13H12O8. The summed E-state index contributed by atoms with van der Waals surface area (Å²) < 4.78 is 4.48. The van der Waals surface area contributed by atoms with E-state index in [-0.39, 0.29) is 11.5 Å². The molecule has 1 rings (SSSR count). The average molecular weight is 296 g/mol. The number of rotatable bonds is 6. The molecule has 0 saturated carbocycles. The lowest BCUT2D eigenvalue weighted by atomic mass is 10.2. The number of benzene rings is 1. The van der Waals surface area contributed by atoms with E-state index in [1.165, 1.54) is 24.3 Å². The number of carbonyl (C=O) groups excluding carboxylic acids is 1. The zero-order valence-corrected chi connectivity index (χ0v) is 10.6. The predicted octanol–water partition coefficient (Wildman–Crippen LogP) is 0.582. The van der Waals surface area contributed by atoms with Gasteiger partial charge in [0.1, 0.15) is 0 Å². The van der Waals surface area contributed by atoms with Crippen molar-refractivity contribution in [2.75, 3.05) is 0 Å². The van der Waals surface area contributed by atoms with Gasteiger partial charge >= 0.3 is 17.9 Å². The van der Waals surface area contributed by atoms with E-state index in [1.807, 2.05) is 0 Å². The third-order valence-electron chi connectivity index (χ3n) is 2.31. The van der Waals surface area contributed by atoms with Crippen molar-refractivity contribution in [2.45, 2.75) is 12.5 Å². The van der Waals surface area contributed by atoms with Gasteiger partial charge in [0.2, 0.25) is 6.10 Å². The Morgan fingerprint density at radius 3 is 2.33 bits per heavy atom. The van der Waals surface area contributed by atoms with Crippen LogP contribution in [-0.4, -0.2) is 44.4 Å². The average Bonchev–Trinajstić information content (AvgIpc) is 2.38. The van der Waals surface area contributed by atoms with Crippen LogP contribution >= 0.6 is 0 Å². The van der Waals surface area contributed by atoms with Gasteiger partial charge in [-0.3, -0.25) is 4.79 Å². The Morgan fingerprint density at radius 1 is 1.14 bits per heavy atom. The molecular weight excluding hydrogens is 284 g/mol. The molecule has 8 heteroatoms. The van der Waals surface area contributed by atoms with Crippen LogP contribution < -0.4 is 0 Å². The van der Waals surface area contributed by atoms with Gasteiger partial charge in [0.25, 0.3) is 0 Å². The van der Waals surface area contributed by atoms with Gasteiger partial charge in [-0.05, 0) is 23.8 Å². The molecule has 1 aromatic carbocycles. The highest BCUT2D eigenvalue weighted by atomic mass is 16.6. The first-order valence-corrected chi connectivity index (χ1v) is 5.65. The highest BCUT2D eigenvalue weighted by Gasteiger charge is 2.24. The lowest BCUT2D eigenvalue weighted by molar-refractivity contribution is -0.164. The van der Waals surface area contributed by atoms with Crippen molar-refractivity contribution in [1.29, 1.82) is 0 Å². The Balaban J connectivity index is 2.70. The molecule has 0 radical (unpaired) electrons. The summed E-state index contributed by atoms with van der Waals surface area (Å²) in [5, 5.41) is 35.5. The first kappa shape index (κ1) is 16.0. The monoisotopic (exact) mass is 296 g/mol.